The number of hydrogen-bond acceptors (Lipinski definition) is 3. The first-order valence-electron chi connectivity index (χ1n) is 7.14. The SMILES string of the molecule is CC(C)(CCC(=O)O)NC(=O)Nc1cc2c(cn1)CCC2. The van der Waals surface area contributed by atoms with Crippen molar-refractivity contribution in [3.8, 4) is 0 Å². The molecule has 0 fully saturated rings. The number of hydrogen-bond donors (Lipinski definition) is 3. The first-order valence-corrected chi connectivity index (χ1v) is 7.14. The molecule has 2 rings (SSSR count). The number of carboxylic acid groups (broad SMARTS) is 1. The standard InChI is InChI=1S/C15H21N3O3/c1-15(2,7-6-13(19)20)18-14(21)17-12-8-10-4-3-5-11(10)9-16-12/h8-9H,3-7H2,1-2H3,(H,19,20)(H2,16,17,18,21). The number of fused-ring (bicyclic) bond motifs is 1. The highest BCUT2D eigenvalue weighted by atomic mass is 16.4. The molecule has 1 aliphatic carbocycles. The lowest BCUT2D eigenvalue weighted by Crippen LogP contribution is -2.45. The predicted molar refractivity (Wildman–Crippen MR) is 79.4 cm³/mol. The van der Waals surface area contributed by atoms with Crippen LogP contribution in [0.3, 0.4) is 0 Å². The summed E-state index contributed by atoms with van der Waals surface area (Å²) in [6, 6.07) is 1.54. The number of aryl methyl sites for hydroxylation is 2. The Kier molecular flexibility index (Phi) is 4.45. The van der Waals surface area contributed by atoms with Gasteiger partial charge in [-0.3, -0.25) is 10.1 Å². The van der Waals surface area contributed by atoms with E-state index in [1.165, 1.54) is 11.1 Å². The van der Waals surface area contributed by atoms with Gasteiger partial charge in [0.2, 0.25) is 0 Å². The number of carbonyl (C=O) groups excluding carboxylic acids is 1. The summed E-state index contributed by atoms with van der Waals surface area (Å²) in [4.78, 5) is 26.8. The van der Waals surface area contributed by atoms with Gasteiger partial charge in [0.05, 0.1) is 0 Å². The molecule has 0 radical (unpaired) electrons. The molecule has 0 atom stereocenters. The highest BCUT2D eigenvalue weighted by molar-refractivity contribution is 5.88. The number of aromatic nitrogens is 1. The summed E-state index contributed by atoms with van der Waals surface area (Å²) in [7, 11) is 0. The van der Waals surface area contributed by atoms with Crippen LogP contribution in [0.1, 0.15) is 44.2 Å². The van der Waals surface area contributed by atoms with Crippen molar-refractivity contribution in [2.24, 2.45) is 0 Å². The third kappa shape index (κ3) is 4.44. The lowest BCUT2D eigenvalue weighted by molar-refractivity contribution is -0.137. The quantitative estimate of drug-likeness (QED) is 0.776. The second-order valence-corrected chi connectivity index (χ2v) is 6.05. The Bertz CT molecular complexity index is 555. The molecule has 21 heavy (non-hydrogen) atoms. The molecule has 1 aliphatic rings. The lowest BCUT2D eigenvalue weighted by Gasteiger charge is -2.25. The molecule has 1 aromatic rings. The zero-order valence-electron chi connectivity index (χ0n) is 12.4. The maximum absolute atomic E-state index is 12.0. The lowest BCUT2D eigenvalue weighted by atomic mass is 9.99. The number of carboxylic acids is 1. The molecule has 0 aromatic carbocycles. The highest BCUT2D eigenvalue weighted by Crippen LogP contribution is 2.23. The number of nitrogens with one attached hydrogen (secondary N) is 2. The van der Waals surface area contributed by atoms with E-state index in [-0.39, 0.29) is 12.5 Å². The van der Waals surface area contributed by atoms with Gasteiger partial charge in [0.25, 0.3) is 0 Å². The van der Waals surface area contributed by atoms with Gasteiger partial charge in [-0.05, 0) is 56.7 Å². The van der Waals surface area contributed by atoms with Crippen molar-refractivity contribution in [3.63, 3.8) is 0 Å². The van der Waals surface area contributed by atoms with Gasteiger partial charge >= 0.3 is 12.0 Å². The van der Waals surface area contributed by atoms with Crippen LogP contribution < -0.4 is 10.6 Å². The van der Waals surface area contributed by atoms with Crippen LogP contribution in [0.2, 0.25) is 0 Å². The number of rotatable bonds is 5. The number of carbonyl (C=O) groups is 2. The van der Waals surface area contributed by atoms with E-state index in [9.17, 15) is 9.59 Å². The number of nitrogens with zero attached hydrogens (tertiary/aromatic N) is 1. The summed E-state index contributed by atoms with van der Waals surface area (Å²) in [5.41, 5.74) is 1.91. The summed E-state index contributed by atoms with van der Waals surface area (Å²) in [5, 5.41) is 14.2. The van der Waals surface area contributed by atoms with Crippen molar-refractivity contribution in [1.82, 2.24) is 10.3 Å². The molecule has 1 aromatic heterocycles. The van der Waals surface area contributed by atoms with Gasteiger partial charge in [0.1, 0.15) is 5.82 Å². The number of amides is 2. The minimum absolute atomic E-state index is 0.0182. The number of pyridine rings is 1. The van der Waals surface area contributed by atoms with Crippen LogP contribution in [0.4, 0.5) is 10.6 Å². The van der Waals surface area contributed by atoms with Crippen LogP contribution in [0.15, 0.2) is 12.3 Å². The van der Waals surface area contributed by atoms with Gasteiger partial charge in [0, 0.05) is 18.2 Å². The fraction of sp³-hybridized carbons (Fsp3) is 0.533. The van der Waals surface area contributed by atoms with Crippen LogP contribution in [-0.2, 0) is 17.6 Å². The summed E-state index contributed by atoms with van der Waals surface area (Å²) >= 11 is 0. The van der Waals surface area contributed by atoms with Crippen LogP contribution in [0.25, 0.3) is 0 Å². The van der Waals surface area contributed by atoms with Gasteiger partial charge in [-0.25, -0.2) is 9.78 Å². The molecule has 0 aliphatic heterocycles. The van der Waals surface area contributed by atoms with Crippen molar-refractivity contribution in [3.05, 3.63) is 23.4 Å². The minimum atomic E-state index is -0.870. The third-order valence-electron chi connectivity index (χ3n) is 3.63. The van der Waals surface area contributed by atoms with Crippen LogP contribution in [-0.4, -0.2) is 27.6 Å². The minimum Gasteiger partial charge on any atom is -0.481 e. The van der Waals surface area contributed by atoms with Crippen LogP contribution in [0, 0.1) is 0 Å². The van der Waals surface area contributed by atoms with Crippen molar-refractivity contribution in [2.45, 2.75) is 51.5 Å². The Morgan fingerprint density at radius 1 is 1.33 bits per heavy atom. The second-order valence-electron chi connectivity index (χ2n) is 6.05. The first-order chi connectivity index (χ1) is 9.85. The molecule has 0 unspecified atom stereocenters. The monoisotopic (exact) mass is 291 g/mol. The molecular weight excluding hydrogens is 270 g/mol. The number of aliphatic carboxylic acids is 1. The third-order valence-corrected chi connectivity index (χ3v) is 3.63. The molecule has 0 bridgehead atoms. The summed E-state index contributed by atoms with van der Waals surface area (Å²) in [6.45, 7) is 3.59. The van der Waals surface area contributed by atoms with E-state index in [0.717, 1.165) is 19.3 Å². The molecule has 0 spiro atoms. The Labute approximate surface area is 124 Å². The molecule has 6 nitrogen and oxygen atoms in total. The largest absolute Gasteiger partial charge is 0.481 e. The highest BCUT2D eigenvalue weighted by Gasteiger charge is 2.22. The van der Waals surface area contributed by atoms with E-state index in [0.29, 0.717) is 12.2 Å². The molecule has 114 valence electrons. The summed E-state index contributed by atoms with van der Waals surface area (Å²) in [5.74, 6) is -0.340. The normalized spacial score (nSPS) is 13.6. The summed E-state index contributed by atoms with van der Waals surface area (Å²) < 4.78 is 0. The molecule has 0 saturated carbocycles. The van der Waals surface area contributed by atoms with E-state index in [4.69, 9.17) is 5.11 Å². The number of urea groups is 1. The van der Waals surface area contributed by atoms with Gasteiger partial charge in [-0.2, -0.15) is 0 Å². The zero-order valence-corrected chi connectivity index (χ0v) is 12.4. The van der Waals surface area contributed by atoms with E-state index in [2.05, 4.69) is 15.6 Å². The molecule has 0 saturated heterocycles. The fourth-order valence-corrected chi connectivity index (χ4v) is 2.46. The summed E-state index contributed by atoms with van der Waals surface area (Å²) in [6.07, 6.45) is 5.41. The molecular formula is C15H21N3O3. The Morgan fingerprint density at radius 2 is 2.05 bits per heavy atom. The van der Waals surface area contributed by atoms with Crippen molar-refractivity contribution in [1.29, 1.82) is 0 Å². The van der Waals surface area contributed by atoms with Crippen molar-refractivity contribution >= 4 is 17.8 Å². The molecule has 6 heteroatoms. The van der Waals surface area contributed by atoms with Gasteiger partial charge < -0.3 is 10.4 Å². The second kappa shape index (κ2) is 6.11. The predicted octanol–water partition coefficient (Wildman–Crippen LogP) is 2.34. The first kappa shape index (κ1) is 15.3. The van der Waals surface area contributed by atoms with Gasteiger partial charge in [-0.15, -0.1) is 0 Å². The Morgan fingerprint density at radius 3 is 2.76 bits per heavy atom. The smallest absolute Gasteiger partial charge is 0.320 e. The molecule has 3 N–H and O–H groups in total. The average Bonchev–Trinajstić information content (AvgIpc) is 2.83. The molecule has 1 heterocycles. The maximum Gasteiger partial charge on any atom is 0.320 e. The average molecular weight is 291 g/mol. The molecule has 2 amide bonds. The zero-order chi connectivity index (χ0) is 15.5. The van der Waals surface area contributed by atoms with Crippen LogP contribution in [0.5, 0.6) is 0 Å². The van der Waals surface area contributed by atoms with Crippen molar-refractivity contribution < 1.29 is 14.7 Å². The Hall–Kier alpha value is -2.11. The van der Waals surface area contributed by atoms with Gasteiger partial charge in [-0.1, -0.05) is 0 Å². The van der Waals surface area contributed by atoms with E-state index < -0.39 is 11.5 Å². The Balaban J connectivity index is 1.90. The van der Waals surface area contributed by atoms with E-state index in [1.54, 1.807) is 13.8 Å². The van der Waals surface area contributed by atoms with E-state index >= 15 is 0 Å². The van der Waals surface area contributed by atoms with Crippen LogP contribution >= 0.6 is 0 Å². The van der Waals surface area contributed by atoms with Gasteiger partial charge in [0.15, 0.2) is 0 Å². The van der Waals surface area contributed by atoms with E-state index in [1.807, 2.05) is 12.3 Å². The topological polar surface area (TPSA) is 91.3 Å². The van der Waals surface area contributed by atoms with Crippen molar-refractivity contribution in [2.75, 3.05) is 5.32 Å². The number of anilines is 1. The fourth-order valence-electron chi connectivity index (χ4n) is 2.46. The maximum atomic E-state index is 12.0.